The van der Waals surface area contributed by atoms with Crippen molar-refractivity contribution in [3.05, 3.63) is 89.6 Å². The second kappa shape index (κ2) is 10.8. The number of hydrogen-bond acceptors (Lipinski definition) is 3. The maximum atomic E-state index is 13.0. The van der Waals surface area contributed by atoms with Gasteiger partial charge in [-0.1, -0.05) is 24.3 Å². The number of guanidine groups is 1. The van der Waals surface area contributed by atoms with Crippen molar-refractivity contribution >= 4 is 17.6 Å². The third-order valence-corrected chi connectivity index (χ3v) is 4.34. The highest BCUT2D eigenvalue weighted by atomic mass is 19.1. The van der Waals surface area contributed by atoms with Crippen LogP contribution in [0.5, 0.6) is 0 Å². The molecular formula is C23H25FN4O2. The van der Waals surface area contributed by atoms with Crippen molar-refractivity contribution in [2.75, 3.05) is 18.4 Å². The summed E-state index contributed by atoms with van der Waals surface area (Å²) in [4.78, 5) is 16.6. The van der Waals surface area contributed by atoms with Gasteiger partial charge in [0.15, 0.2) is 11.7 Å². The van der Waals surface area contributed by atoms with E-state index in [0.717, 1.165) is 30.1 Å². The van der Waals surface area contributed by atoms with E-state index in [-0.39, 0.29) is 17.5 Å². The van der Waals surface area contributed by atoms with Crippen LogP contribution in [0.25, 0.3) is 0 Å². The van der Waals surface area contributed by atoms with E-state index < -0.39 is 0 Å². The molecule has 0 bridgehead atoms. The van der Waals surface area contributed by atoms with Crippen LogP contribution in [0.3, 0.4) is 0 Å². The van der Waals surface area contributed by atoms with Crippen molar-refractivity contribution in [3.63, 3.8) is 0 Å². The zero-order chi connectivity index (χ0) is 21.2. The average Bonchev–Trinajstić information content (AvgIpc) is 3.30. The van der Waals surface area contributed by atoms with Crippen molar-refractivity contribution in [3.8, 4) is 0 Å². The Bertz CT molecular complexity index is 952. The van der Waals surface area contributed by atoms with Crippen LogP contribution in [0.4, 0.5) is 10.1 Å². The van der Waals surface area contributed by atoms with Crippen LogP contribution in [0.2, 0.25) is 0 Å². The first-order valence-corrected chi connectivity index (χ1v) is 9.84. The topological polar surface area (TPSA) is 78.7 Å². The average molecular weight is 408 g/mol. The fourth-order valence-electron chi connectivity index (χ4n) is 2.78. The summed E-state index contributed by atoms with van der Waals surface area (Å²) in [6.45, 7) is 3.95. The van der Waals surface area contributed by atoms with E-state index in [2.05, 4.69) is 20.9 Å². The molecule has 6 nitrogen and oxygen atoms in total. The minimum absolute atomic E-state index is 0.229. The van der Waals surface area contributed by atoms with Gasteiger partial charge in [-0.3, -0.25) is 4.79 Å². The summed E-state index contributed by atoms with van der Waals surface area (Å²) in [6.07, 6.45) is 2.24. The Labute approximate surface area is 175 Å². The summed E-state index contributed by atoms with van der Waals surface area (Å²) in [6, 6.07) is 17.3. The summed E-state index contributed by atoms with van der Waals surface area (Å²) in [7, 11) is 0. The molecule has 0 aliphatic rings. The molecule has 0 saturated carbocycles. The molecule has 2 aromatic carbocycles. The van der Waals surface area contributed by atoms with E-state index in [1.54, 1.807) is 24.3 Å². The number of furan rings is 1. The fraction of sp³-hybridized carbons (Fsp3) is 0.217. The van der Waals surface area contributed by atoms with Gasteiger partial charge >= 0.3 is 0 Å². The number of rotatable bonds is 8. The smallest absolute Gasteiger partial charge is 0.291 e. The maximum absolute atomic E-state index is 13.0. The fourth-order valence-corrected chi connectivity index (χ4v) is 2.78. The molecule has 0 aliphatic carbocycles. The Morgan fingerprint density at radius 2 is 1.73 bits per heavy atom. The largest absolute Gasteiger partial charge is 0.459 e. The minimum Gasteiger partial charge on any atom is -0.459 e. The Morgan fingerprint density at radius 1 is 1.00 bits per heavy atom. The first-order valence-electron chi connectivity index (χ1n) is 9.84. The van der Waals surface area contributed by atoms with Gasteiger partial charge < -0.3 is 20.4 Å². The lowest BCUT2D eigenvalue weighted by Crippen LogP contribution is -2.38. The number of anilines is 1. The monoisotopic (exact) mass is 408 g/mol. The van der Waals surface area contributed by atoms with Gasteiger partial charge in [0, 0.05) is 18.8 Å². The quantitative estimate of drug-likeness (QED) is 0.389. The van der Waals surface area contributed by atoms with Crippen molar-refractivity contribution in [1.82, 2.24) is 10.6 Å². The Kier molecular flexibility index (Phi) is 7.60. The number of nitrogens with zero attached hydrogens (tertiary/aromatic N) is 1. The molecule has 0 unspecified atom stereocenters. The van der Waals surface area contributed by atoms with Gasteiger partial charge in [0.25, 0.3) is 5.91 Å². The van der Waals surface area contributed by atoms with Gasteiger partial charge in [0.2, 0.25) is 0 Å². The summed E-state index contributed by atoms with van der Waals surface area (Å²) >= 11 is 0. The van der Waals surface area contributed by atoms with Gasteiger partial charge in [-0.2, -0.15) is 0 Å². The maximum Gasteiger partial charge on any atom is 0.291 e. The molecule has 1 aromatic heterocycles. The van der Waals surface area contributed by atoms with Crippen molar-refractivity contribution in [2.24, 2.45) is 4.99 Å². The predicted molar refractivity (Wildman–Crippen MR) is 116 cm³/mol. The number of benzene rings is 2. The first-order chi connectivity index (χ1) is 14.6. The Morgan fingerprint density at radius 3 is 2.40 bits per heavy atom. The third kappa shape index (κ3) is 6.48. The highest BCUT2D eigenvalue weighted by molar-refractivity contribution is 6.02. The Balaban J connectivity index is 1.50. The Hall–Kier alpha value is -3.61. The van der Waals surface area contributed by atoms with E-state index in [9.17, 15) is 9.18 Å². The van der Waals surface area contributed by atoms with Crippen LogP contribution in [0.1, 0.15) is 28.6 Å². The number of hydrogen-bond donors (Lipinski definition) is 3. The molecule has 3 aromatic rings. The van der Waals surface area contributed by atoms with Crippen molar-refractivity contribution in [2.45, 2.75) is 19.9 Å². The summed E-state index contributed by atoms with van der Waals surface area (Å²) in [5.74, 6) is 0.471. The number of aliphatic imine (C=N–C) groups is 1. The van der Waals surface area contributed by atoms with E-state index in [1.165, 1.54) is 18.4 Å². The van der Waals surface area contributed by atoms with Crippen LogP contribution in [0.15, 0.2) is 76.3 Å². The number of carbonyl (C=O) groups excluding carboxylic acids is 1. The van der Waals surface area contributed by atoms with E-state index >= 15 is 0 Å². The molecule has 0 aliphatic heterocycles. The minimum atomic E-state index is -0.287. The lowest BCUT2D eigenvalue weighted by molar-refractivity contribution is 0.0996. The number of nitrogens with one attached hydrogen (secondary N) is 3. The van der Waals surface area contributed by atoms with Gasteiger partial charge in [-0.15, -0.1) is 0 Å². The molecule has 156 valence electrons. The molecule has 0 saturated heterocycles. The molecule has 3 N–H and O–H groups in total. The standard InChI is InChI=1S/C23H25FN4O2/c1-2-25-23(26-14-13-17-5-9-19(24)10-6-17)27-16-18-7-11-20(12-8-18)28-22(29)21-4-3-15-30-21/h3-12,15H,2,13-14,16H2,1H3,(H,28,29)(H2,25,26,27). The van der Waals surface area contributed by atoms with Crippen LogP contribution in [-0.4, -0.2) is 25.0 Å². The molecule has 30 heavy (non-hydrogen) atoms. The molecular weight excluding hydrogens is 383 g/mol. The molecule has 7 heteroatoms. The van der Waals surface area contributed by atoms with Gasteiger partial charge in [-0.25, -0.2) is 9.38 Å². The second-order valence-corrected chi connectivity index (χ2v) is 6.63. The highest BCUT2D eigenvalue weighted by Gasteiger charge is 2.08. The number of halogens is 1. The summed E-state index contributed by atoms with van der Waals surface area (Å²) < 4.78 is 18.1. The second-order valence-electron chi connectivity index (χ2n) is 6.63. The highest BCUT2D eigenvalue weighted by Crippen LogP contribution is 2.12. The first kappa shape index (κ1) is 21.1. The summed E-state index contributed by atoms with van der Waals surface area (Å²) in [5.41, 5.74) is 2.77. The molecule has 0 radical (unpaired) electrons. The van der Waals surface area contributed by atoms with Gasteiger partial charge in [-0.05, 0) is 60.9 Å². The van der Waals surface area contributed by atoms with Crippen LogP contribution < -0.4 is 16.0 Å². The molecule has 1 amide bonds. The molecule has 1 heterocycles. The SMILES string of the molecule is CCNC(=NCc1ccc(NC(=O)c2ccco2)cc1)NCCc1ccc(F)cc1. The third-order valence-electron chi connectivity index (χ3n) is 4.34. The zero-order valence-corrected chi connectivity index (χ0v) is 16.8. The normalized spacial score (nSPS) is 11.2. The molecule has 0 spiro atoms. The summed E-state index contributed by atoms with van der Waals surface area (Å²) in [5, 5.41) is 9.28. The van der Waals surface area contributed by atoms with Crippen molar-refractivity contribution < 1.29 is 13.6 Å². The van der Waals surface area contributed by atoms with Gasteiger partial charge in [0.1, 0.15) is 5.82 Å². The predicted octanol–water partition coefficient (Wildman–Crippen LogP) is 3.97. The van der Waals surface area contributed by atoms with E-state index in [4.69, 9.17) is 4.42 Å². The van der Waals surface area contributed by atoms with Gasteiger partial charge in [0.05, 0.1) is 12.8 Å². The molecule has 0 fully saturated rings. The van der Waals surface area contributed by atoms with E-state index in [0.29, 0.717) is 18.8 Å². The lowest BCUT2D eigenvalue weighted by atomic mass is 10.1. The number of carbonyl (C=O) groups is 1. The van der Waals surface area contributed by atoms with E-state index in [1.807, 2.05) is 31.2 Å². The van der Waals surface area contributed by atoms with Crippen LogP contribution in [0, 0.1) is 5.82 Å². The van der Waals surface area contributed by atoms with Crippen molar-refractivity contribution in [1.29, 1.82) is 0 Å². The van der Waals surface area contributed by atoms with Crippen LogP contribution >= 0.6 is 0 Å². The zero-order valence-electron chi connectivity index (χ0n) is 16.8. The number of amides is 1. The molecule has 0 atom stereocenters. The lowest BCUT2D eigenvalue weighted by Gasteiger charge is -2.11. The molecule has 3 rings (SSSR count). The van der Waals surface area contributed by atoms with Crippen LogP contribution in [-0.2, 0) is 13.0 Å².